The molecule has 0 aliphatic carbocycles. The molecule has 1 aromatic carbocycles. The van der Waals surface area contributed by atoms with E-state index in [1.165, 1.54) is 0 Å². The quantitative estimate of drug-likeness (QED) is 0.618. The second-order valence-corrected chi connectivity index (χ2v) is 7.50. The van der Waals surface area contributed by atoms with Crippen LogP contribution in [0.4, 0.5) is 0 Å². The van der Waals surface area contributed by atoms with Crippen molar-refractivity contribution in [2.45, 2.75) is 32.2 Å². The zero-order valence-corrected chi connectivity index (χ0v) is 17.5. The van der Waals surface area contributed by atoms with Gasteiger partial charge in [0, 0.05) is 25.9 Å². The number of aromatic nitrogens is 3. The van der Waals surface area contributed by atoms with E-state index in [2.05, 4.69) is 10.3 Å². The van der Waals surface area contributed by atoms with Crippen molar-refractivity contribution in [2.24, 2.45) is 7.05 Å². The van der Waals surface area contributed by atoms with E-state index in [0.29, 0.717) is 18.1 Å². The summed E-state index contributed by atoms with van der Waals surface area (Å²) >= 11 is 0. The summed E-state index contributed by atoms with van der Waals surface area (Å²) in [6, 6.07) is 8.98. The van der Waals surface area contributed by atoms with Crippen LogP contribution in [0.1, 0.15) is 36.7 Å². The molecule has 8 heteroatoms. The number of hydrogen-bond donors (Lipinski definition) is 0. The topological polar surface area (TPSA) is 82.6 Å². The molecule has 0 unspecified atom stereocenters. The number of piperidine rings is 1. The highest BCUT2D eigenvalue weighted by atomic mass is 16.5. The van der Waals surface area contributed by atoms with Crippen LogP contribution in [-0.2, 0) is 11.8 Å². The van der Waals surface area contributed by atoms with Gasteiger partial charge in [0.2, 0.25) is 0 Å². The van der Waals surface area contributed by atoms with Gasteiger partial charge in [-0.3, -0.25) is 9.48 Å². The maximum atomic E-state index is 13.0. The Morgan fingerprint density at radius 3 is 2.70 bits per heavy atom. The first-order valence-electron chi connectivity index (χ1n) is 10.1. The van der Waals surface area contributed by atoms with Crippen LogP contribution in [0.3, 0.4) is 0 Å². The highest BCUT2D eigenvalue weighted by molar-refractivity contribution is 5.79. The van der Waals surface area contributed by atoms with Crippen molar-refractivity contribution in [1.82, 2.24) is 19.8 Å². The molecule has 1 aliphatic rings. The SMILES string of the molecule is COc1ccc(OCC(=O)N2CCCC[C@@H]2c2nn(C)cc2-c2cc(C)no2)cc1. The lowest BCUT2D eigenvalue weighted by Gasteiger charge is -2.35. The van der Waals surface area contributed by atoms with Gasteiger partial charge in [-0.15, -0.1) is 0 Å². The van der Waals surface area contributed by atoms with E-state index in [1.54, 1.807) is 23.9 Å². The summed E-state index contributed by atoms with van der Waals surface area (Å²) in [5.74, 6) is 1.99. The van der Waals surface area contributed by atoms with Crippen molar-refractivity contribution in [1.29, 1.82) is 0 Å². The Morgan fingerprint density at radius 2 is 2.00 bits per heavy atom. The Labute approximate surface area is 175 Å². The number of carbonyl (C=O) groups excluding carboxylic acids is 1. The lowest BCUT2D eigenvalue weighted by atomic mass is 9.96. The molecule has 158 valence electrons. The molecule has 3 heterocycles. The fraction of sp³-hybridized carbons (Fsp3) is 0.409. The smallest absolute Gasteiger partial charge is 0.261 e. The predicted octanol–water partition coefficient (Wildman–Crippen LogP) is 3.52. The first-order chi connectivity index (χ1) is 14.5. The first-order valence-corrected chi connectivity index (χ1v) is 10.1. The third kappa shape index (κ3) is 4.17. The highest BCUT2D eigenvalue weighted by Gasteiger charge is 2.32. The van der Waals surface area contributed by atoms with E-state index in [4.69, 9.17) is 14.0 Å². The van der Waals surface area contributed by atoms with Gasteiger partial charge in [-0.2, -0.15) is 5.10 Å². The Hall–Kier alpha value is -3.29. The number of aryl methyl sites for hydroxylation is 2. The lowest BCUT2D eigenvalue weighted by molar-refractivity contribution is -0.137. The average molecular weight is 410 g/mol. The zero-order valence-electron chi connectivity index (χ0n) is 17.5. The molecule has 4 rings (SSSR count). The number of amides is 1. The minimum atomic E-state index is -0.118. The van der Waals surface area contributed by atoms with Crippen LogP contribution in [-0.4, -0.2) is 46.0 Å². The van der Waals surface area contributed by atoms with Crippen LogP contribution in [0.2, 0.25) is 0 Å². The molecule has 1 saturated heterocycles. The van der Waals surface area contributed by atoms with Crippen molar-refractivity contribution in [2.75, 3.05) is 20.3 Å². The number of methoxy groups -OCH3 is 1. The van der Waals surface area contributed by atoms with E-state index in [9.17, 15) is 4.79 Å². The molecule has 0 spiro atoms. The number of hydrogen-bond acceptors (Lipinski definition) is 6. The minimum absolute atomic E-state index is 0.0214. The largest absolute Gasteiger partial charge is 0.497 e. The van der Waals surface area contributed by atoms with Gasteiger partial charge in [-0.05, 0) is 50.5 Å². The van der Waals surface area contributed by atoms with Crippen molar-refractivity contribution in [3.05, 3.63) is 47.9 Å². The molecule has 0 radical (unpaired) electrons. The molecule has 2 aromatic heterocycles. The van der Waals surface area contributed by atoms with Crippen molar-refractivity contribution in [3.8, 4) is 22.8 Å². The first kappa shape index (κ1) is 20.0. The van der Waals surface area contributed by atoms with Crippen LogP contribution in [0.25, 0.3) is 11.3 Å². The van der Waals surface area contributed by atoms with Gasteiger partial charge in [-0.25, -0.2) is 0 Å². The summed E-state index contributed by atoms with van der Waals surface area (Å²) in [6.45, 7) is 2.54. The number of rotatable bonds is 6. The summed E-state index contributed by atoms with van der Waals surface area (Å²) in [4.78, 5) is 14.9. The molecule has 1 aliphatic heterocycles. The molecule has 0 saturated carbocycles. The van der Waals surface area contributed by atoms with Gasteiger partial charge in [0.1, 0.15) is 11.5 Å². The molecule has 3 aromatic rings. The molecule has 1 amide bonds. The van der Waals surface area contributed by atoms with Crippen LogP contribution in [0.5, 0.6) is 11.5 Å². The van der Waals surface area contributed by atoms with Gasteiger partial charge < -0.3 is 18.9 Å². The normalized spacial score (nSPS) is 16.5. The molecule has 0 N–H and O–H groups in total. The van der Waals surface area contributed by atoms with E-state index < -0.39 is 0 Å². The average Bonchev–Trinajstić information content (AvgIpc) is 3.37. The van der Waals surface area contributed by atoms with E-state index >= 15 is 0 Å². The Kier molecular flexibility index (Phi) is 5.74. The van der Waals surface area contributed by atoms with Gasteiger partial charge in [0.15, 0.2) is 12.4 Å². The third-order valence-electron chi connectivity index (χ3n) is 5.31. The van der Waals surface area contributed by atoms with Gasteiger partial charge in [0.25, 0.3) is 5.91 Å². The van der Waals surface area contributed by atoms with Crippen molar-refractivity contribution >= 4 is 5.91 Å². The van der Waals surface area contributed by atoms with Gasteiger partial charge in [-0.1, -0.05) is 5.16 Å². The van der Waals surface area contributed by atoms with Crippen molar-refractivity contribution < 1.29 is 18.8 Å². The van der Waals surface area contributed by atoms with Crippen LogP contribution < -0.4 is 9.47 Å². The summed E-state index contributed by atoms with van der Waals surface area (Å²) in [5, 5.41) is 8.67. The lowest BCUT2D eigenvalue weighted by Crippen LogP contribution is -2.41. The fourth-order valence-electron chi connectivity index (χ4n) is 3.85. The number of benzene rings is 1. The number of nitrogens with zero attached hydrogens (tertiary/aromatic N) is 4. The monoisotopic (exact) mass is 410 g/mol. The molecule has 1 fully saturated rings. The summed E-state index contributed by atoms with van der Waals surface area (Å²) in [5.41, 5.74) is 2.52. The molecular weight excluding hydrogens is 384 g/mol. The number of ether oxygens (including phenoxy) is 2. The number of carbonyl (C=O) groups is 1. The maximum absolute atomic E-state index is 13.0. The summed E-state index contributed by atoms with van der Waals surface area (Å²) < 4.78 is 18.1. The summed E-state index contributed by atoms with van der Waals surface area (Å²) in [6.07, 6.45) is 4.78. The van der Waals surface area contributed by atoms with E-state index in [1.807, 2.05) is 43.3 Å². The zero-order chi connectivity index (χ0) is 21.1. The van der Waals surface area contributed by atoms with Gasteiger partial charge >= 0.3 is 0 Å². The molecule has 30 heavy (non-hydrogen) atoms. The Balaban J connectivity index is 1.52. The molecular formula is C22H26N4O4. The van der Waals surface area contributed by atoms with Crippen LogP contribution >= 0.6 is 0 Å². The Bertz CT molecular complexity index is 1010. The minimum Gasteiger partial charge on any atom is -0.497 e. The van der Waals surface area contributed by atoms with E-state index in [-0.39, 0.29) is 18.6 Å². The fourth-order valence-corrected chi connectivity index (χ4v) is 3.85. The molecule has 1 atom stereocenters. The number of likely N-dealkylation sites (tertiary alicyclic amines) is 1. The van der Waals surface area contributed by atoms with Crippen LogP contribution in [0.15, 0.2) is 41.1 Å². The summed E-state index contributed by atoms with van der Waals surface area (Å²) in [7, 11) is 3.49. The van der Waals surface area contributed by atoms with Crippen LogP contribution in [0, 0.1) is 6.92 Å². The van der Waals surface area contributed by atoms with Gasteiger partial charge in [0.05, 0.1) is 30.1 Å². The molecule has 8 nitrogen and oxygen atoms in total. The second kappa shape index (κ2) is 8.61. The van der Waals surface area contributed by atoms with Crippen molar-refractivity contribution in [3.63, 3.8) is 0 Å². The predicted molar refractivity (Wildman–Crippen MR) is 110 cm³/mol. The highest BCUT2D eigenvalue weighted by Crippen LogP contribution is 2.36. The molecule has 0 bridgehead atoms. The standard InChI is InChI=1S/C22H26N4O4/c1-15-12-20(30-24-15)18-13-25(2)23-22(18)19-6-4-5-11-26(19)21(27)14-29-17-9-7-16(28-3)8-10-17/h7-10,12-13,19H,4-6,11,14H2,1-3H3/t19-/m1/s1. The van der Waals surface area contributed by atoms with E-state index in [0.717, 1.165) is 42.0 Å². The maximum Gasteiger partial charge on any atom is 0.261 e. The second-order valence-electron chi connectivity index (χ2n) is 7.50. The third-order valence-corrected chi connectivity index (χ3v) is 5.31. The Morgan fingerprint density at radius 1 is 1.23 bits per heavy atom.